The number of hydrogen-bond donors (Lipinski definition) is 1. The third-order valence-electron chi connectivity index (χ3n) is 0.274. The zero-order valence-electron chi connectivity index (χ0n) is 4.94. The number of rotatable bonds is 5. The molecule has 0 fully saturated rings. The van der Waals surface area contributed by atoms with Crippen LogP contribution in [0.5, 0.6) is 0 Å². The minimum Gasteiger partial charge on any atom is -0.285 e. The summed E-state index contributed by atoms with van der Waals surface area (Å²) < 4.78 is 3.98. The Morgan fingerprint density at radius 1 is 1.40 bits per heavy atom. The van der Waals surface area contributed by atoms with Crippen LogP contribution >= 0.6 is 12.0 Å². The quantitative estimate of drug-likeness (QED) is 0.263. The molecule has 10 heavy (non-hydrogen) atoms. The van der Waals surface area contributed by atoms with Crippen LogP contribution in [-0.2, 0) is 29.2 Å². The molecule has 0 aromatic rings. The van der Waals surface area contributed by atoms with E-state index in [0.717, 1.165) is 0 Å². The molecule has 60 valence electrons. The first-order chi connectivity index (χ1) is 4.77. The molecule has 2 N–H and O–H groups in total. The molecule has 0 unspecified atom stereocenters. The van der Waals surface area contributed by atoms with Crippen LogP contribution in [0.25, 0.3) is 0 Å². The molecule has 0 bridgehead atoms. The van der Waals surface area contributed by atoms with Gasteiger partial charge in [0.1, 0.15) is 12.0 Å². The highest BCUT2D eigenvalue weighted by Crippen LogP contribution is 2.03. The number of carbonyl (C=O) groups excluding carboxylic acids is 1. The molecule has 0 aliphatic carbocycles. The van der Waals surface area contributed by atoms with Crippen molar-refractivity contribution in [2.75, 3.05) is 0 Å². The summed E-state index contributed by atoms with van der Waals surface area (Å²) in [5.41, 5.74) is 0. The maximum absolute atomic E-state index is 10.1. The minimum absolute atomic E-state index is 0.308. The summed E-state index contributed by atoms with van der Waals surface area (Å²) in [6, 6.07) is 0. The lowest BCUT2D eigenvalue weighted by Crippen LogP contribution is -2.02. The average molecular weight is 171 g/mol. The number of nitrogens with two attached hydrogens (primary N) is 1. The van der Waals surface area contributed by atoms with E-state index in [1.165, 1.54) is 6.92 Å². The predicted molar refractivity (Wildman–Crippen MR) is 27.9 cm³/mol. The van der Waals surface area contributed by atoms with Crippen molar-refractivity contribution in [2.45, 2.75) is 6.92 Å². The number of hydrogen-bond acceptors (Lipinski definition) is 8. The standard InChI is InChI=1S/C2H5NO6S/c1-2(4)10-9-8-7-6-5-3/h3H2,1H3. The van der Waals surface area contributed by atoms with Crippen LogP contribution in [0.4, 0.5) is 0 Å². The van der Waals surface area contributed by atoms with Gasteiger partial charge in [-0.1, -0.05) is 0 Å². The number of carbonyl (C=O) groups is 1. The second-order valence-corrected chi connectivity index (χ2v) is 1.82. The average Bonchev–Trinajstić information content (AvgIpc) is 1.87. The van der Waals surface area contributed by atoms with E-state index in [9.17, 15) is 4.79 Å². The summed E-state index contributed by atoms with van der Waals surface area (Å²) >= 11 is 0.419. The molecule has 0 aromatic carbocycles. The monoisotopic (exact) mass is 171 g/mol. The van der Waals surface area contributed by atoms with Gasteiger partial charge in [0.05, 0.1) is 0 Å². The molecule has 0 amide bonds. The maximum Gasteiger partial charge on any atom is 0.215 e. The van der Waals surface area contributed by atoms with Crippen LogP contribution in [-0.4, -0.2) is 5.12 Å². The molecule has 0 aliphatic rings. The molecule has 7 nitrogen and oxygen atoms in total. The van der Waals surface area contributed by atoms with E-state index in [-0.39, 0.29) is 5.12 Å². The fraction of sp³-hybridized carbons (Fsp3) is 0.500. The van der Waals surface area contributed by atoms with E-state index in [1.807, 2.05) is 0 Å². The molecule has 0 saturated carbocycles. The van der Waals surface area contributed by atoms with Crippen molar-refractivity contribution in [3.05, 3.63) is 0 Å². The van der Waals surface area contributed by atoms with Crippen molar-refractivity contribution >= 4 is 17.2 Å². The molecule has 0 atom stereocenters. The molecule has 0 saturated heterocycles. The van der Waals surface area contributed by atoms with Crippen LogP contribution in [0.15, 0.2) is 0 Å². The summed E-state index contributed by atoms with van der Waals surface area (Å²) in [6.45, 7) is 1.27. The first-order valence-electron chi connectivity index (χ1n) is 1.98. The highest BCUT2D eigenvalue weighted by molar-refractivity contribution is 8.09. The largest absolute Gasteiger partial charge is 0.285 e. The van der Waals surface area contributed by atoms with E-state index >= 15 is 0 Å². The Hall–Kier alpha value is -0.220. The van der Waals surface area contributed by atoms with Crippen LogP contribution in [0.1, 0.15) is 6.92 Å². The summed E-state index contributed by atoms with van der Waals surface area (Å²) in [7, 11) is 0. The zero-order valence-corrected chi connectivity index (χ0v) is 5.75. The lowest BCUT2D eigenvalue weighted by atomic mass is 10.9. The van der Waals surface area contributed by atoms with Crippen molar-refractivity contribution < 1.29 is 29.2 Å². The molecule has 0 aliphatic heterocycles. The molecule has 0 spiro atoms. The Bertz CT molecular complexity index is 97.7. The predicted octanol–water partition coefficient (Wildman–Crippen LogP) is -0.202. The van der Waals surface area contributed by atoms with Crippen LogP contribution in [0.3, 0.4) is 0 Å². The first-order valence-corrected chi connectivity index (χ1v) is 2.72. The lowest BCUT2D eigenvalue weighted by Gasteiger charge is -1.94. The van der Waals surface area contributed by atoms with Gasteiger partial charge in [-0.25, -0.2) is 0 Å². The molecular formula is C2H5NO6S. The van der Waals surface area contributed by atoms with Crippen LogP contribution in [0.2, 0.25) is 0 Å². The van der Waals surface area contributed by atoms with Crippen molar-refractivity contribution in [2.24, 2.45) is 5.90 Å². The smallest absolute Gasteiger partial charge is 0.215 e. The van der Waals surface area contributed by atoms with E-state index in [0.29, 0.717) is 12.0 Å². The third-order valence-corrected chi connectivity index (χ3v) is 0.632. The van der Waals surface area contributed by atoms with Gasteiger partial charge >= 0.3 is 0 Å². The lowest BCUT2D eigenvalue weighted by molar-refractivity contribution is -0.691. The third kappa shape index (κ3) is 7.78. The summed E-state index contributed by atoms with van der Waals surface area (Å²) in [5.74, 6) is 4.31. The van der Waals surface area contributed by atoms with Crippen molar-refractivity contribution in [1.82, 2.24) is 0 Å². The maximum atomic E-state index is 10.1. The molecule has 0 radical (unpaired) electrons. The Morgan fingerprint density at radius 2 is 2.10 bits per heavy atom. The van der Waals surface area contributed by atoms with Crippen LogP contribution in [0, 0.1) is 0 Å². The van der Waals surface area contributed by atoms with Gasteiger partial charge in [0, 0.05) is 6.92 Å². The van der Waals surface area contributed by atoms with E-state index < -0.39 is 0 Å². The van der Waals surface area contributed by atoms with Gasteiger partial charge in [0.25, 0.3) is 0 Å². The van der Waals surface area contributed by atoms with Gasteiger partial charge in [-0.3, -0.25) is 4.79 Å². The minimum atomic E-state index is -0.308. The topological polar surface area (TPSA) is 89.2 Å². The van der Waals surface area contributed by atoms with Gasteiger partial charge in [-0.15, -0.1) is 9.32 Å². The van der Waals surface area contributed by atoms with E-state index in [2.05, 4.69) is 30.3 Å². The van der Waals surface area contributed by atoms with Crippen LogP contribution < -0.4 is 5.90 Å². The normalized spacial score (nSPS) is 9.80. The van der Waals surface area contributed by atoms with E-state index in [1.54, 1.807) is 0 Å². The van der Waals surface area contributed by atoms with E-state index in [4.69, 9.17) is 0 Å². The van der Waals surface area contributed by atoms with Gasteiger partial charge in [-0.05, 0) is 15.1 Å². The molecule has 0 aromatic heterocycles. The van der Waals surface area contributed by atoms with Crippen molar-refractivity contribution in [1.29, 1.82) is 0 Å². The Labute approximate surface area is 60.2 Å². The van der Waals surface area contributed by atoms with Crippen molar-refractivity contribution in [3.8, 4) is 0 Å². The first kappa shape index (κ1) is 9.78. The van der Waals surface area contributed by atoms with Gasteiger partial charge in [-0.2, -0.15) is 5.90 Å². The molecule has 0 heterocycles. The molecule has 0 rings (SSSR count). The Kier molecular flexibility index (Phi) is 6.74. The zero-order chi connectivity index (χ0) is 7.82. The second kappa shape index (κ2) is 6.89. The fourth-order valence-corrected chi connectivity index (χ4v) is 0.247. The van der Waals surface area contributed by atoms with Gasteiger partial charge in [0.15, 0.2) is 0 Å². The highest BCUT2D eigenvalue weighted by atomic mass is 32.2. The summed E-state index contributed by atoms with van der Waals surface area (Å²) in [5, 5.41) is 10.5. The SMILES string of the molecule is CC(=O)SOOOOON. The van der Waals surface area contributed by atoms with Crippen molar-refractivity contribution in [3.63, 3.8) is 0 Å². The fourth-order valence-electron chi connectivity index (χ4n) is 0.101. The summed E-state index contributed by atoms with van der Waals surface area (Å²) in [6.07, 6.45) is 0. The van der Waals surface area contributed by atoms with Gasteiger partial charge < -0.3 is 0 Å². The molecular weight excluding hydrogens is 166 g/mol. The summed E-state index contributed by atoms with van der Waals surface area (Å²) in [4.78, 5) is 13.5. The Morgan fingerprint density at radius 3 is 2.60 bits per heavy atom. The second-order valence-electron chi connectivity index (χ2n) is 0.943. The Balaban J connectivity index is 2.84. The van der Waals surface area contributed by atoms with Gasteiger partial charge in [0.2, 0.25) is 5.12 Å². The highest BCUT2D eigenvalue weighted by Gasteiger charge is 1.96. The molecule has 8 heteroatoms.